The van der Waals surface area contributed by atoms with E-state index in [9.17, 15) is 22.8 Å². The molecule has 0 heterocycles. The highest BCUT2D eigenvalue weighted by atomic mass is 19.4. The molecule has 0 aliphatic rings. The van der Waals surface area contributed by atoms with Gasteiger partial charge in [-0.3, -0.25) is 10.1 Å². The largest absolute Gasteiger partial charge is 0.480 e. The van der Waals surface area contributed by atoms with E-state index in [4.69, 9.17) is 16.2 Å². The van der Waals surface area contributed by atoms with Crippen molar-refractivity contribution in [2.75, 3.05) is 5.73 Å². The second kappa shape index (κ2) is 5.68. The minimum Gasteiger partial charge on any atom is -0.480 e. The predicted molar refractivity (Wildman–Crippen MR) is 63.7 cm³/mol. The molecule has 9 heteroatoms. The van der Waals surface area contributed by atoms with Crippen LogP contribution >= 0.6 is 0 Å². The maximum Gasteiger partial charge on any atom is 0.420 e. The lowest BCUT2D eigenvalue weighted by molar-refractivity contribution is -0.140. The smallest absolute Gasteiger partial charge is 0.420 e. The summed E-state index contributed by atoms with van der Waals surface area (Å²) >= 11 is 0. The molecule has 1 rings (SSSR count). The molecule has 6 nitrogen and oxygen atoms in total. The first kappa shape index (κ1) is 15.6. The highest BCUT2D eigenvalue weighted by molar-refractivity contribution is 5.95. The summed E-state index contributed by atoms with van der Waals surface area (Å²) in [6.07, 6.45) is -6.03. The zero-order valence-electron chi connectivity index (χ0n) is 10.3. The van der Waals surface area contributed by atoms with Crippen molar-refractivity contribution in [2.45, 2.75) is 19.2 Å². The number of nitrogens with one attached hydrogen (secondary N) is 1. The lowest BCUT2D eigenvalue weighted by Crippen LogP contribution is -2.42. The van der Waals surface area contributed by atoms with Gasteiger partial charge in [-0.2, -0.15) is 13.2 Å². The van der Waals surface area contributed by atoms with Crippen molar-refractivity contribution < 1.29 is 27.5 Å². The van der Waals surface area contributed by atoms with E-state index in [0.717, 1.165) is 6.07 Å². The number of urea groups is 1. The fraction of sp³-hybridized carbons (Fsp3) is 0.273. The Morgan fingerprint density at radius 1 is 1.35 bits per heavy atom. The van der Waals surface area contributed by atoms with E-state index in [1.807, 2.05) is 0 Å². The normalized spacial score (nSPS) is 12.6. The van der Waals surface area contributed by atoms with Crippen LogP contribution in [-0.4, -0.2) is 18.0 Å². The predicted octanol–water partition coefficient (Wildman–Crippen LogP) is 1.25. The number of carbonyl (C=O) groups excluding carboxylic acids is 2. The first-order valence-corrected chi connectivity index (χ1v) is 5.35. The molecule has 0 aliphatic carbocycles. The Bertz CT molecular complexity index is 531. The lowest BCUT2D eigenvalue weighted by Gasteiger charge is -2.18. The minimum absolute atomic E-state index is 0.0982. The molecule has 0 aliphatic heterocycles. The number of imide groups is 1. The van der Waals surface area contributed by atoms with Crippen molar-refractivity contribution in [1.82, 2.24) is 5.32 Å². The van der Waals surface area contributed by atoms with Crippen molar-refractivity contribution in [3.63, 3.8) is 0 Å². The number of anilines is 1. The third-order valence-electron chi connectivity index (χ3n) is 2.23. The van der Waals surface area contributed by atoms with Crippen molar-refractivity contribution in [3.8, 4) is 5.75 Å². The zero-order chi connectivity index (χ0) is 15.5. The SMILES string of the molecule is CC(Oc1ccc(N)cc1C(F)(F)F)C(=O)NC(N)=O. The Morgan fingerprint density at radius 3 is 2.45 bits per heavy atom. The molecule has 0 radical (unpaired) electrons. The number of hydrogen-bond donors (Lipinski definition) is 3. The number of rotatable bonds is 3. The quantitative estimate of drug-likeness (QED) is 0.728. The molecule has 0 fully saturated rings. The van der Waals surface area contributed by atoms with Crippen LogP contribution in [0.15, 0.2) is 18.2 Å². The number of benzene rings is 1. The van der Waals surface area contributed by atoms with Gasteiger partial charge in [0.1, 0.15) is 5.75 Å². The molecule has 0 aromatic heterocycles. The summed E-state index contributed by atoms with van der Waals surface area (Å²) in [5.41, 5.74) is 8.79. The molecule has 5 N–H and O–H groups in total. The topological polar surface area (TPSA) is 107 Å². The van der Waals surface area contributed by atoms with Gasteiger partial charge in [-0.1, -0.05) is 0 Å². The van der Waals surface area contributed by atoms with E-state index in [1.165, 1.54) is 13.0 Å². The summed E-state index contributed by atoms with van der Waals surface area (Å²) in [4.78, 5) is 21.8. The monoisotopic (exact) mass is 291 g/mol. The van der Waals surface area contributed by atoms with E-state index < -0.39 is 35.5 Å². The number of carbonyl (C=O) groups is 2. The number of nitrogen functional groups attached to an aromatic ring is 1. The number of halogens is 3. The van der Waals surface area contributed by atoms with Crippen molar-refractivity contribution in [3.05, 3.63) is 23.8 Å². The summed E-state index contributed by atoms with van der Waals surface area (Å²) in [5, 5.41) is 1.70. The van der Waals surface area contributed by atoms with Crippen LogP contribution in [0.1, 0.15) is 12.5 Å². The molecule has 0 bridgehead atoms. The Balaban J connectivity index is 2.98. The number of nitrogens with two attached hydrogens (primary N) is 2. The second-order valence-corrected chi connectivity index (χ2v) is 3.87. The summed E-state index contributed by atoms with van der Waals surface area (Å²) in [5.74, 6) is -1.53. The molecule has 20 heavy (non-hydrogen) atoms. The van der Waals surface area contributed by atoms with Crippen molar-refractivity contribution >= 4 is 17.6 Å². The van der Waals surface area contributed by atoms with E-state index in [2.05, 4.69) is 0 Å². The molecular weight excluding hydrogens is 279 g/mol. The van der Waals surface area contributed by atoms with Gasteiger partial charge in [0, 0.05) is 5.69 Å². The molecule has 1 aromatic rings. The highest BCUT2D eigenvalue weighted by Gasteiger charge is 2.35. The van der Waals surface area contributed by atoms with E-state index in [-0.39, 0.29) is 5.69 Å². The fourth-order valence-corrected chi connectivity index (χ4v) is 1.34. The molecule has 0 saturated heterocycles. The van der Waals surface area contributed by atoms with Gasteiger partial charge in [-0.05, 0) is 25.1 Å². The van der Waals surface area contributed by atoms with Crippen LogP contribution < -0.4 is 21.5 Å². The number of alkyl halides is 3. The lowest BCUT2D eigenvalue weighted by atomic mass is 10.1. The first-order chi connectivity index (χ1) is 9.11. The molecule has 0 saturated carbocycles. The Morgan fingerprint density at radius 2 is 1.95 bits per heavy atom. The molecule has 1 atom stereocenters. The van der Waals surface area contributed by atoms with E-state index >= 15 is 0 Å². The molecule has 1 aromatic carbocycles. The Hall–Kier alpha value is -2.45. The van der Waals surface area contributed by atoms with Gasteiger partial charge >= 0.3 is 12.2 Å². The van der Waals surface area contributed by atoms with Crippen LogP contribution in [0.2, 0.25) is 0 Å². The van der Waals surface area contributed by atoms with Crippen LogP contribution in [0.25, 0.3) is 0 Å². The van der Waals surface area contributed by atoms with Crippen molar-refractivity contribution in [2.24, 2.45) is 5.73 Å². The summed E-state index contributed by atoms with van der Waals surface area (Å²) in [7, 11) is 0. The van der Waals surface area contributed by atoms with E-state index in [0.29, 0.717) is 6.07 Å². The van der Waals surface area contributed by atoms with Gasteiger partial charge in [0.15, 0.2) is 6.10 Å². The zero-order valence-corrected chi connectivity index (χ0v) is 10.3. The molecule has 3 amide bonds. The summed E-state index contributed by atoms with van der Waals surface area (Å²) in [6.45, 7) is 1.18. The van der Waals surface area contributed by atoms with Gasteiger partial charge in [-0.25, -0.2) is 4.79 Å². The minimum atomic E-state index is -4.69. The van der Waals surface area contributed by atoms with Crippen LogP contribution in [0.4, 0.5) is 23.7 Å². The third kappa shape index (κ3) is 4.04. The first-order valence-electron chi connectivity index (χ1n) is 5.35. The van der Waals surface area contributed by atoms with Crippen molar-refractivity contribution in [1.29, 1.82) is 0 Å². The van der Waals surface area contributed by atoms with Gasteiger partial charge in [0.25, 0.3) is 5.91 Å². The number of ether oxygens (including phenoxy) is 1. The standard InChI is InChI=1S/C11H12F3N3O3/c1-5(9(18)17-10(16)19)20-8-3-2-6(15)4-7(8)11(12,13)14/h2-5H,15H2,1H3,(H3,16,17,18,19). The van der Waals surface area contributed by atoms with Crippen LogP contribution in [0.3, 0.4) is 0 Å². The average molecular weight is 291 g/mol. The molecular formula is C11H12F3N3O3. The fourth-order valence-electron chi connectivity index (χ4n) is 1.34. The Kier molecular flexibility index (Phi) is 4.43. The average Bonchev–Trinajstić information content (AvgIpc) is 2.29. The van der Waals surface area contributed by atoms with Crippen LogP contribution in [0, 0.1) is 0 Å². The second-order valence-electron chi connectivity index (χ2n) is 3.87. The Labute approximate surface area is 111 Å². The van der Waals surface area contributed by atoms with Gasteiger partial charge in [0.2, 0.25) is 0 Å². The third-order valence-corrected chi connectivity index (χ3v) is 2.23. The van der Waals surface area contributed by atoms with Gasteiger partial charge < -0.3 is 16.2 Å². The number of hydrogen-bond acceptors (Lipinski definition) is 4. The maximum absolute atomic E-state index is 12.8. The van der Waals surface area contributed by atoms with E-state index in [1.54, 1.807) is 5.32 Å². The molecule has 0 spiro atoms. The summed E-state index contributed by atoms with van der Waals surface area (Å²) < 4.78 is 43.2. The van der Waals surface area contributed by atoms with Crippen LogP contribution in [0.5, 0.6) is 5.75 Å². The van der Waals surface area contributed by atoms with Gasteiger partial charge in [0.05, 0.1) is 5.56 Å². The number of primary amides is 1. The number of amides is 3. The maximum atomic E-state index is 12.8. The summed E-state index contributed by atoms with van der Waals surface area (Å²) in [6, 6.07) is 1.75. The molecule has 1 unspecified atom stereocenters. The highest BCUT2D eigenvalue weighted by Crippen LogP contribution is 2.37. The van der Waals surface area contributed by atoms with Crippen LogP contribution in [-0.2, 0) is 11.0 Å². The van der Waals surface area contributed by atoms with Gasteiger partial charge in [-0.15, -0.1) is 0 Å². The molecule has 110 valence electrons.